The summed E-state index contributed by atoms with van der Waals surface area (Å²) < 4.78 is 5.57. The normalized spacial score (nSPS) is 25.2. The van der Waals surface area contributed by atoms with Crippen molar-refractivity contribution in [2.45, 2.75) is 64.4 Å². The number of rotatable bonds is 7. The molecule has 1 heterocycles. The fourth-order valence-electron chi connectivity index (χ4n) is 4.15. The third-order valence-electron chi connectivity index (χ3n) is 5.80. The summed E-state index contributed by atoms with van der Waals surface area (Å²) in [6.45, 7) is 6.84. The Kier molecular flexibility index (Phi) is 6.39. The average molecular weight is 338 g/mol. The van der Waals surface area contributed by atoms with E-state index in [4.69, 9.17) is 4.74 Å². The third kappa shape index (κ3) is 5.09. The van der Waals surface area contributed by atoms with Gasteiger partial charge in [-0.2, -0.15) is 0 Å². The van der Waals surface area contributed by atoms with Crippen molar-refractivity contribution in [3.8, 4) is 0 Å². The van der Waals surface area contributed by atoms with Gasteiger partial charge in [0.1, 0.15) is 0 Å². The number of nitrogens with zero attached hydrogens (tertiary/aromatic N) is 2. The van der Waals surface area contributed by atoms with Crippen LogP contribution in [0.15, 0.2) is 4.99 Å². The van der Waals surface area contributed by atoms with Crippen molar-refractivity contribution in [2.24, 2.45) is 16.3 Å². The topological polar surface area (TPSA) is 57.1 Å². The predicted octanol–water partition coefficient (Wildman–Crippen LogP) is 2.40. The second-order valence-corrected chi connectivity index (χ2v) is 8.06. The van der Waals surface area contributed by atoms with Gasteiger partial charge in [0.25, 0.3) is 0 Å². The predicted molar refractivity (Wildman–Crippen MR) is 97.2 cm³/mol. The lowest BCUT2D eigenvalue weighted by atomic mass is 9.73. The minimum atomic E-state index is -0.497. The molecule has 5 heteroatoms. The largest absolute Gasteiger partial charge is 0.389 e. The molecule has 1 aliphatic heterocycles. The quantitative estimate of drug-likeness (QED) is 0.553. The second kappa shape index (κ2) is 8.52. The Balaban J connectivity index is 1.47. The molecule has 1 spiro atoms. The van der Waals surface area contributed by atoms with Crippen molar-refractivity contribution in [3.63, 3.8) is 0 Å². The first-order valence-electron chi connectivity index (χ1n) is 10.00. The van der Waals surface area contributed by atoms with Crippen LogP contribution in [0.25, 0.3) is 0 Å². The van der Waals surface area contributed by atoms with Crippen LogP contribution < -0.4 is 5.32 Å². The number of hydrogen-bond donors (Lipinski definition) is 2. The lowest BCUT2D eigenvalue weighted by molar-refractivity contribution is 0.0367. The number of ether oxygens (including phenoxy) is 1. The van der Waals surface area contributed by atoms with E-state index in [-0.39, 0.29) is 0 Å². The van der Waals surface area contributed by atoms with Gasteiger partial charge in [-0.15, -0.1) is 0 Å². The number of likely N-dealkylation sites (tertiary alicyclic amines) is 1. The van der Waals surface area contributed by atoms with E-state index in [1.54, 1.807) is 0 Å². The van der Waals surface area contributed by atoms with Crippen molar-refractivity contribution in [2.75, 3.05) is 39.4 Å². The molecule has 1 atom stereocenters. The maximum absolute atomic E-state index is 10.1. The monoisotopic (exact) mass is 337 g/mol. The standard InChI is InChI=1S/C19H35N3O2/c1-2-20-18(21-12-17(23)14-24-13-16-6-7-16)22-11-10-19(15-22)8-4-3-5-9-19/h16-17,23H,2-15H2,1H3,(H,20,21). The Morgan fingerprint density at radius 1 is 1.29 bits per heavy atom. The Labute approximate surface area is 146 Å². The second-order valence-electron chi connectivity index (χ2n) is 8.06. The van der Waals surface area contributed by atoms with E-state index in [0.717, 1.165) is 38.1 Å². The smallest absolute Gasteiger partial charge is 0.194 e. The van der Waals surface area contributed by atoms with Crippen LogP contribution >= 0.6 is 0 Å². The summed E-state index contributed by atoms with van der Waals surface area (Å²) in [6, 6.07) is 0. The number of aliphatic hydroxyl groups excluding tert-OH is 1. The molecule has 0 aromatic carbocycles. The highest BCUT2D eigenvalue weighted by Crippen LogP contribution is 2.43. The number of aliphatic hydroxyl groups is 1. The third-order valence-corrected chi connectivity index (χ3v) is 5.80. The Bertz CT molecular complexity index is 417. The summed E-state index contributed by atoms with van der Waals surface area (Å²) in [5, 5.41) is 13.5. The van der Waals surface area contributed by atoms with Gasteiger partial charge in [-0.1, -0.05) is 19.3 Å². The first-order chi connectivity index (χ1) is 11.7. The zero-order valence-corrected chi connectivity index (χ0v) is 15.3. The van der Waals surface area contributed by atoms with Gasteiger partial charge < -0.3 is 20.1 Å². The maximum Gasteiger partial charge on any atom is 0.194 e. The molecule has 2 saturated carbocycles. The molecule has 0 radical (unpaired) electrons. The van der Waals surface area contributed by atoms with Crippen LogP contribution in [0.2, 0.25) is 0 Å². The van der Waals surface area contributed by atoms with E-state index in [1.807, 2.05) is 0 Å². The molecule has 0 amide bonds. The fourth-order valence-corrected chi connectivity index (χ4v) is 4.15. The minimum Gasteiger partial charge on any atom is -0.389 e. The van der Waals surface area contributed by atoms with Crippen LogP contribution in [-0.2, 0) is 4.74 Å². The number of aliphatic imine (C=N–C) groups is 1. The summed E-state index contributed by atoms with van der Waals surface area (Å²) in [4.78, 5) is 7.10. The molecule has 3 aliphatic rings. The van der Waals surface area contributed by atoms with Gasteiger partial charge >= 0.3 is 0 Å². The van der Waals surface area contributed by atoms with Gasteiger partial charge in [0.05, 0.1) is 19.3 Å². The highest BCUT2D eigenvalue weighted by Gasteiger charge is 2.39. The van der Waals surface area contributed by atoms with Crippen LogP contribution in [0.1, 0.15) is 58.3 Å². The summed E-state index contributed by atoms with van der Waals surface area (Å²) in [6.07, 6.45) is 10.3. The molecule has 0 bridgehead atoms. The van der Waals surface area contributed by atoms with E-state index >= 15 is 0 Å². The molecule has 24 heavy (non-hydrogen) atoms. The zero-order valence-electron chi connectivity index (χ0n) is 15.3. The first-order valence-corrected chi connectivity index (χ1v) is 10.00. The van der Waals surface area contributed by atoms with Gasteiger partial charge in [-0.05, 0) is 50.4 Å². The SMILES string of the molecule is CCNC(=NCC(O)COCC1CC1)N1CCC2(CCCCC2)C1. The van der Waals surface area contributed by atoms with Gasteiger partial charge in [0.15, 0.2) is 5.96 Å². The van der Waals surface area contributed by atoms with Crippen LogP contribution in [0.4, 0.5) is 0 Å². The van der Waals surface area contributed by atoms with Crippen molar-refractivity contribution >= 4 is 5.96 Å². The molecule has 5 nitrogen and oxygen atoms in total. The van der Waals surface area contributed by atoms with Crippen LogP contribution in [0.5, 0.6) is 0 Å². The molecular weight excluding hydrogens is 302 g/mol. The Morgan fingerprint density at radius 3 is 2.79 bits per heavy atom. The molecule has 2 N–H and O–H groups in total. The van der Waals surface area contributed by atoms with Gasteiger partial charge in [-0.3, -0.25) is 4.99 Å². The van der Waals surface area contributed by atoms with Crippen molar-refractivity contribution in [1.82, 2.24) is 10.2 Å². The van der Waals surface area contributed by atoms with Gasteiger partial charge in [0, 0.05) is 26.2 Å². The van der Waals surface area contributed by atoms with Gasteiger partial charge in [0.2, 0.25) is 0 Å². The van der Waals surface area contributed by atoms with Crippen molar-refractivity contribution < 1.29 is 9.84 Å². The summed E-state index contributed by atoms with van der Waals surface area (Å²) in [7, 11) is 0. The number of guanidine groups is 1. The first kappa shape index (κ1) is 18.0. The minimum absolute atomic E-state index is 0.406. The molecule has 1 saturated heterocycles. The lowest BCUT2D eigenvalue weighted by Gasteiger charge is -2.33. The molecule has 2 aliphatic carbocycles. The van der Waals surface area contributed by atoms with E-state index in [0.29, 0.717) is 18.6 Å². The average Bonchev–Trinajstić information content (AvgIpc) is 3.33. The van der Waals surface area contributed by atoms with Crippen LogP contribution in [0, 0.1) is 11.3 Å². The van der Waals surface area contributed by atoms with E-state index in [1.165, 1.54) is 51.4 Å². The van der Waals surface area contributed by atoms with Crippen LogP contribution in [-0.4, -0.2) is 61.5 Å². The summed E-state index contributed by atoms with van der Waals surface area (Å²) in [5.74, 6) is 1.72. The molecule has 0 aromatic heterocycles. The highest BCUT2D eigenvalue weighted by molar-refractivity contribution is 5.80. The summed E-state index contributed by atoms with van der Waals surface area (Å²) >= 11 is 0. The number of nitrogens with one attached hydrogen (secondary N) is 1. The van der Waals surface area contributed by atoms with Crippen molar-refractivity contribution in [1.29, 1.82) is 0 Å². The van der Waals surface area contributed by atoms with E-state index in [9.17, 15) is 5.11 Å². The molecule has 3 fully saturated rings. The van der Waals surface area contributed by atoms with Crippen molar-refractivity contribution in [3.05, 3.63) is 0 Å². The lowest BCUT2D eigenvalue weighted by Crippen LogP contribution is -2.42. The van der Waals surface area contributed by atoms with Gasteiger partial charge in [-0.25, -0.2) is 0 Å². The fraction of sp³-hybridized carbons (Fsp3) is 0.947. The molecule has 138 valence electrons. The number of hydrogen-bond acceptors (Lipinski definition) is 3. The summed E-state index contributed by atoms with van der Waals surface area (Å²) in [5.41, 5.74) is 0.528. The zero-order chi connectivity index (χ0) is 16.8. The highest BCUT2D eigenvalue weighted by atomic mass is 16.5. The van der Waals surface area contributed by atoms with E-state index < -0.39 is 6.10 Å². The maximum atomic E-state index is 10.1. The molecular formula is C19H35N3O2. The van der Waals surface area contributed by atoms with Crippen LogP contribution in [0.3, 0.4) is 0 Å². The van der Waals surface area contributed by atoms with E-state index in [2.05, 4.69) is 22.1 Å². The molecule has 3 rings (SSSR count). The molecule has 0 aromatic rings. The molecule has 1 unspecified atom stereocenters. The Morgan fingerprint density at radius 2 is 2.08 bits per heavy atom. The Hall–Kier alpha value is -0.810.